The third-order valence-corrected chi connectivity index (χ3v) is 5.48. The van der Waals surface area contributed by atoms with E-state index in [1.807, 2.05) is 18.2 Å². The van der Waals surface area contributed by atoms with Crippen LogP contribution in [0, 0.1) is 17.8 Å². The second-order valence-corrected chi connectivity index (χ2v) is 7.46. The molecular formula is C20H26O4. The first-order chi connectivity index (χ1) is 11.2. The van der Waals surface area contributed by atoms with Crippen LogP contribution in [0.4, 0.5) is 0 Å². The summed E-state index contributed by atoms with van der Waals surface area (Å²) in [6.07, 6.45) is 3.54. The molecule has 0 saturated heterocycles. The Morgan fingerprint density at radius 1 is 1.12 bits per heavy atom. The van der Waals surface area contributed by atoms with Crippen molar-refractivity contribution < 1.29 is 19.8 Å². The molecule has 1 aromatic carbocycles. The zero-order valence-corrected chi connectivity index (χ0v) is 14.5. The van der Waals surface area contributed by atoms with Gasteiger partial charge in [-0.15, -0.1) is 0 Å². The van der Waals surface area contributed by atoms with Crippen LogP contribution < -0.4 is 0 Å². The van der Waals surface area contributed by atoms with Gasteiger partial charge >= 0.3 is 11.9 Å². The smallest absolute Gasteiger partial charge is 0.332 e. The summed E-state index contributed by atoms with van der Waals surface area (Å²) >= 11 is 0. The molecule has 3 atom stereocenters. The highest BCUT2D eigenvalue weighted by Crippen LogP contribution is 2.48. The molecule has 1 aromatic rings. The van der Waals surface area contributed by atoms with Gasteiger partial charge in [-0.2, -0.15) is 0 Å². The fourth-order valence-corrected chi connectivity index (χ4v) is 4.13. The van der Waals surface area contributed by atoms with E-state index in [1.165, 1.54) is 0 Å². The van der Waals surface area contributed by atoms with Crippen molar-refractivity contribution in [1.29, 1.82) is 0 Å². The van der Waals surface area contributed by atoms with E-state index in [1.54, 1.807) is 0 Å². The Labute approximate surface area is 143 Å². The topological polar surface area (TPSA) is 74.6 Å². The first-order valence-electron chi connectivity index (χ1n) is 8.46. The first-order valence-corrected chi connectivity index (χ1v) is 8.46. The molecule has 1 aliphatic rings. The number of aliphatic carboxylic acids is 2. The second kappa shape index (κ2) is 7.20. The van der Waals surface area contributed by atoms with E-state index < -0.39 is 11.9 Å². The zero-order chi connectivity index (χ0) is 17.9. The molecule has 0 amide bonds. The van der Waals surface area contributed by atoms with Crippen molar-refractivity contribution in [3.05, 3.63) is 47.5 Å². The van der Waals surface area contributed by atoms with E-state index in [9.17, 15) is 14.7 Å². The second-order valence-electron chi connectivity index (χ2n) is 7.46. The van der Waals surface area contributed by atoms with Gasteiger partial charge in [0.2, 0.25) is 0 Å². The minimum Gasteiger partial charge on any atom is -0.478 e. The van der Waals surface area contributed by atoms with E-state index in [0.29, 0.717) is 12.3 Å². The Hall–Kier alpha value is -2.10. The molecule has 24 heavy (non-hydrogen) atoms. The summed E-state index contributed by atoms with van der Waals surface area (Å²) in [5, 5.41) is 18.7. The zero-order valence-electron chi connectivity index (χ0n) is 14.5. The minimum atomic E-state index is -1.19. The molecule has 0 radical (unpaired) electrons. The maximum atomic E-state index is 11.7. The predicted octanol–water partition coefficient (Wildman–Crippen LogP) is 4.11. The number of carbonyl (C=O) groups is 2. The minimum absolute atomic E-state index is 0.0306. The summed E-state index contributed by atoms with van der Waals surface area (Å²) in [5.41, 5.74) is 0.969. The van der Waals surface area contributed by atoms with E-state index in [2.05, 4.69) is 32.9 Å². The molecule has 4 heteroatoms. The highest BCUT2D eigenvalue weighted by atomic mass is 16.4. The number of carboxylic acids is 2. The molecule has 0 aromatic heterocycles. The van der Waals surface area contributed by atoms with Crippen molar-refractivity contribution in [2.75, 3.05) is 0 Å². The summed E-state index contributed by atoms with van der Waals surface area (Å²) in [7, 11) is 0. The summed E-state index contributed by atoms with van der Waals surface area (Å²) in [5.74, 6) is -2.07. The van der Waals surface area contributed by atoms with Crippen molar-refractivity contribution in [3.8, 4) is 0 Å². The quantitative estimate of drug-likeness (QED) is 0.797. The molecule has 130 valence electrons. The van der Waals surface area contributed by atoms with Gasteiger partial charge in [0.05, 0.1) is 0 Å². The van der Waals surface area contributed by atoms with Crippen LogP contribution in [-0.2, 0) is 15.0 Å². The fourth-order valence-electron chi connectivity index (χ4n) is 4.13. The maximum Gasteiger partial charge on any atom is 0.332 e. The molecule has 4 nitrogen and oxygen atoms in total. The normalized spacial score (nSPS) is 25.3. The lowest BCUT2D eigenvalue weighted by Gasteiger charge is -2.45. The Morgan fingerprint density at radius 2 is 1.75 bits per heavy atom. The maximum absolute atomic E-state index is 11.7. The van der Waals surface area contributed by atoms with Gasteiger partial charge in [0, 0.05) is 11.6 Å². The Balaban J connectivity index is 2.45. The van der Waals surface area contributed by atoms with Gasteiger partial charge in [0.25, 0.3) is 0 Å². The van der Waals surface area contributed by atoms with Crippen LogP contribution in [0.2, 0.25) is 0 Å². The summed E-state index contributed by atoms with van der Waals surface area (Å²) < 4.78 is 0. The van der Waals surface area contributed by atoms with Crippen LogP contribution >= 0.6 is 0 Å². The number of hydrogen-bond acceptors (Lipinski definition) is 2. The molecule has 1 saturated carbocycles. The summed E-state index contributed by atoms with van der Waals surface area (Å²) in [6, 6.07) is 10.1. The number of carboxylic acid groups (broad SMARTS) is 2. The van der Waals surface area contributed by atoms with Crippen molar-refractivity contribution in [2.45, 2.75) is 45.4 Å². The van der Waals surface area contributed by atoms with Crippen LogP contribution in [0.3, 0.4) is 0 Å². The summed E-state index contributed by atoms with van der Waals surface area (Å²) in [4.78, 5) is 22.8. The van der Waals surface area contributed by atoms with Crippen molar-refractivity contribution in [1.82, 2.24) is 0 Å². The van der Waals surface area contributed by atoms with E-state index in [0.717, 1.165) is 24.5 Å². The molecule has 0 aliphatic heterocycles. The monoisotopic (exact) mass is 330 g/mol. The third kappa shape index (κ3) is 3.86. The Kier molecular flexibility index (Phi) is 5.47. The van der Waals surface area contributed by atoms with Crippen molar-refractivity contribution >= 4 is 11.9 Å². The molecule has 1 aliphatic carbocycles. The average molecular weight is 330 g/mol. The van der Waals surface area contributed by atoms with Crippen LogP contribution in [-0.4, -0.2) is 22.2 Å². The van der Waals surface area contributed by atoms with Crippen LogP contribution in [0.15, 0.2) is 42.0 Å². The largest absolute Gasteiger partial charge is 0.478 e. The Bertz CT molecular complexity index is 630. The number of hydrogen-bond donors (Lipinski definition) is 2. The number of rotatable bonds is 5. The van der Waals surface area contributed by atoms with E-state index in [4.69, 9.17) is 5.11 Å². The lowest BCUT2D eigenvalue weighted by molar-refractivity contribution is -0.136. The van der Waals surface area contributed by atoms with Crippen LogP contribution in [0.1, 0.15) is 45.6 Å². The van der Waals surface area contributed by atoms with Gasteiger partial charge in [-0.1, -0.05) is 57.5 Å². The SMILES string of the molecule is CC1CCC(C(C)(C)c2ccccc2)C(C(=CC(=O)O)C(=O)O)C1. The molecule has 0 spiro atoms. The standard InChI is InChI=1S/C20H26O4/c1-13-9-10-17(20(2,3)14-7-5-4-6-8-14)15(11-13)16(19(23)24)12-18(21)22/h4-8,12-13,15,17H,9-11H2,1-3H3,(H,21,22)(H,23,24). The predicted molar refractivity (Wildman–Crippen MR) is 92.8 cm³/mol. The Morgan fingerprint density at radius 3 is 2.29 bits per heavy atom. The first kappa shape index (κ1) is 18.2. The molecule has 2 rings (SSSR count). The lowest BCUT2D eigenvalue weighted by atomic mass is 9.59. The highest BCUT2D eigenvalue weighted by Gasteiger charge is 2.42. The fraction of sp³-hybridized carbons (Fsp3) is 0.500. The molecule has 0 bridgehead atoms. The molecule has 2 N–H and O–H groups in total. The van der Waals surface area contributed by atoms with Gasteiger partial charge in [0.1, 0.15) is 0 Å². The van der Waals surface area contributed by atoms with Gasteiger partial charge in [-0.05, 0) is 41.6 Å². The van der Waals surface area contributed by atoms with Gasteiger partial charge in [0.15, 0.2) is 0 Å². The van der Waals surface area contributed by atoms with Crippen LogP contribution in [0.25, 0.3) is 0 Å². The molecule has 3 unspecified atom stereocenters. The van der Waals surface area contributed by atoms with E-state index >= 15 is 0 Å². The highest BCUT2D eigenvalue weighted by molar-refractivity contribution is 5.95. The lowest BCUT2D eigenvalue weighted by Crippen LogP contribution is -2.40. The van der Waals surface area contributed by atoms with E-state index in [-0.39, 0.29) is 22.8 Å². The van der Waals surface area contributed by atoms with Gasteiger partial charge < -0.3 is 10.2 Å². The summed E-state index contributed by atoms with van der Waals surface area (Å²) in [6.45, 7) is 6.38. The molecular weight excluding hydrogens is 304 g/mol. The van der Waals surface area contributed by atoms with Gasteiger partial charge in [-0.3, -0.25) is 0 Å². The number of benzene rings is 1. The van der Waals surface area contributed by atoms with Crippen molar-refractivity contribution in [2.24, 2.45) is 17.8 Å². The van der Waals surface area contributed by atoms with Crippen LogP contribution in [0.5, 0.6) is 0 Å². The van der Waals surface area contributed by atoms with Gasteiger partial charge in [-0.25, -0.2) is 9.59 Å². The third-order valence-electron chi connectivity index (χ3n) is 5.48. The molecule has 1 fully saturated rings. The van der Waals surface area contributed by atoms with Crippen molar-refractivity contribution in [3.63, 3.8) is 0 Å². The average Bonchev–Trinajstić information content (AvgIpc) is 2.52. The molecule has 0 heterocycles.